The molecule has 1 aliphatic heterocycles. The summed E-state index contributed by atoms with van der Waals surface area (Å²) in [5.41, 5.74) is -0.477. The molecule has 116 valence electrons. The maximum absolute atomic E-state index is 11.9. The number of hydrogen-bond donors (Lipinski definition) is 1. The molecule has 6 heteroatoms. The molecule has 2 aliphatic rings. The van der Waals surface area contributed by atoms with Crippen LogP contribution >= 0.6 is 0 Å². The molecule has 2 rings (SSSR count). The van der Waals surface area contributed by atoms with Gasteiger partial charge in [-0.05, 0) is 20.8 Å². The van der Waals surface area contributed by atoms with E-state index in [0.717, 1.165) is 0 Å². The Hall–Kier alpha value is -1.90. The zero-order valence-electron chi connectivity index (χ0n) is 13.0. The monoisotopic (exact) mass is 293 g/mol. The van der Waals surface area contributed by atoms with Gasteiger partial charge < -0.3 is 19.9 Å². The van der Waals surface area contributed by atoms with E-state index in [2.05, 4.69) is 11.2 Å². The topological polar surface area (TPSA) is 61.9 Å². The van der Waals surface area contributed by atoms with Gasteiger partial charge in [0.1, 0.15) is 5.60 Å². The summed E-state index contributed by atoms with van der Waals surface area (Å²) in [6.07, 6.45) is 4.90. The van der Waals surface area contributed by atoms with Crippen LogP contribution in [0.1, 0.15) is 20.8 Å². The second-order valence-corrected chi connectivity index (χ2v) is 6.75. The number of amides is 3. The molecule has 0 aromatic heterocycles. The van der Waals surface area contributed by atoms with Crippen LogP contribution in [0.25, 0.3) is 0 Å². The molecule has 0 aromatic rings. The Morgan fingerprint density at radius 1 is 1.38 bits per heavy atom. The van der Waals surface area contributed by atoms with Gasteiger partial charge in [0, 0.05) is 38.0 Å². The molecule has 0 spiro atoms. The van der Waals surface area contributed by atoms with Crippen molar-refractivity contribution in [3.05, 3.63) is 0 Å². The first-order valence-electron chi connectivity index (χ1n) is 7.16. The summed E-state index contributed by atoms with van der Waals surface area (Å²) in [4.78, 5) is 27.0. The van der Waals surface area contributed by atoms with Crippen LogP contribution in [0.2, 0.25) is 0 Å². The van der Waals surface area contributed by atoms with Crippen LogP contribution in [0.5, 0.6) is 0 Å². The highest BCUT2D eigenvalue weighted by atomic mass is 16.6. The summed E-state index contributed by atoms with van der Waals surface area (Å²) in [5, 5.41) is 2.96. The van der Waals surface area contributed by atoms with Gasteiger partial charge in [0.05, 0.1) is 6.54 Å². The van der Waals surface area contributed by atoms with Crippen LogP contribution in [-0.4, -0.2) is 60.2 Å². The number of piperidine rings is 1. The van der Waals surface area contributed by atoms with Crippen LogP contribution in [-0.2, 0) is 4.74 Å². The number of fused-ring (bicyclic) bond motifs is 1. The van der Waals surface area contributed by atoms with Crippen LogP contribution < -0.4 is 5.32 Å². The Bertz CT molecular complexity index is 466. The Morgan fingerprint density at radius 3 is 2.43 bits per heavy atom. The summed E-state index contributed by atoms with van der Waals surface area (Å²) >= 11 is 0. The van der Waals surface area contributed by atoms with Gasteiger partial charge in [-0.25, -0.2) is 9.59 Å². The average molecular weight is 293 g/mol. The van der Waals surface area contributed by atoms with Gasteiger partial charge in [0.15, 0.2) is 0 Å². The van der Waals surface area contributed by atoms with E-state index in [-0.39, 0.29) is 24.7 Å². The molecule has 1 saturated heterocycles. The fourth-order valence-corrected chi connectivity index (χ4v) is 2.68. The zero-order chi connectivity index (χ0) is 15.8. The lowest BCUT2D eigenvalue weighted by molar-refractivity contribution is 0.0270. The molecule has 1 aliphatic carbocycles. The Labute approximate surface area is 125 Å². The predicted octanol–water partition coefficient (Wildman–Crippen LogP) is 1.13. The van der Waals surface area contributed by atoms with E-state index in [1.807, 2.05) is 20.8 Å². The minimum absolute atomic E-state index is 0.149. The lowest BCUT2D eigenvalue weighted by atomic mass is 10.2. The van der Waals surface area contributed by atoms with Crippen molar-refractivity contribution in [2.75, 3.05) is 26.7 Å². The van der Waals surface area contributed by atoms with Gasteiger partial charge >= 0.3 is 12.1 Å². The first kappa shape index (κ1) is 15.5. The maximum Gasteiger partial charge on any atom is 0.410 e. The zero-order valence-corrected chi connectivity index (χ0v) is 13.0. The molecular formula is C15H23N3O3. The number of urea groups is 1. The third-order valence-electron chi connectivity index (χ3n) is 3.81. The van der Waals surface area contributed by atoms with E-state index in [9.17, 15) is 9.59 Å². The van der Waals surface area contributed by atoms with Crippen molar-refractivity contribution in [1.82, 2.24) is 15.1 Å². The molecule has 0 bridgehead atoms. The van der Waals surface area contributed by atoms with Crippen molar-refractivity contribution in [2.24, 2.45) is 11.8 Å². The number of rotatable bonds is 2. The fourth-order valence-electron chi connectivity index (χ4n) is 2.68. The highest BCUT2D eigenvalue weighted by Crippen LogP contribution is 2.45. The van der Waals surface area contributed by atoms with Gasteiger partial charge in [0.25, 0.3) is 0 Å². The lowest BCUT2D eigenvalue weighted by Gasteiger charge is -2.26. The molecule has 1 heterocycles. The average Bonchev–Trinajstić information content (AvgIpc) is 2.82. The standard InChI is InChI=1S/C15H23N3O3/c1-6-7-17(5)13(19)16-12-10-8-18(9-11(10)12)14(20)21-15(2,3)4/h1,10-12H,7-9H2,2-5H3,(H,16,19)/t10-,11+,12?. The smallest absolute Gasteiger partial charge is 0.410 e. The van der Waals surface area contributed by atoms with Crippen molar-refractivity contribution in [1.29, 1.82) is 0 Å². The number of ether oxygens (including phenoxy) is 1. The molecule has 1 unspecified atom stereocenters. The summed E-state index contributed by atoms with van der Waals surface area (Å²) < 4.78 is 5.35. The SMILES string of the molecule is C#CCN(C)C(=O)NC1[C@H]2CN(C(=O)OC(C)(C)C)C[C@@H]12. The van der Waals surface area contributed by atoms with Gasteiger partial charge in [-0.15, -0.1) is 6.42 Å². The Morgan fingerprint density at radius 2 is 1.95 bits per heavy atom. The van der Waals surface area contributed by atoms with Crippen molar-refractivity contribution < 1.29 is 14.3 Å². The van der Waals surface area contributed by atoms with Crippen LogP contribution in [0, 0.1) is 24.2 Å². The molecule has 3 atom stereocenters. The third-order valence-corrected chi connectivity index (χ3v) is 3.81. The van der Waals surface area contributed by atoms with Crippen molar-refractivity contribution >= 4 is 12.1 Å². The lowest BCUT2D eigenvalue weighted by Crippen LogP contribution is -2.43. The van der Waals surface area contributed by atoms with E-state index in [1.54, 1.807) is 11.9 Å². The Kier molecular flexibility index (Phi) is 4.04. The number of likely N-dealkylation sites (tertiary alicyclic amines) is 1. The first-order chi connectivity index (χ1) is 9.73. The third kappa shape index (κ3) is 3.60. The van der Waals surface area contributed by atoms with E-state index in [0.29, 0.717) is 24.9 Å². The minimum Gasteiger partial charge on any atom is -0.444 e. The van der Waals surface area contributed by atoms with Crippen LogP contribution in [0.15, 0.2) is 0 Å². The molecule has 6 nitrogen and oxygen atoms in total. The fraction of sp³-hybridized carbons (Fsp3) is 0.733. The van der Waals surface area contributed by atoms with Crippen LogP contribution in [0.4, 0.5) is 9.59 Å². The number of carbonyl (C=O) groups is 2. The van der Waals surface area contributed by atoms with E-state index in [4.69, 9.17) is 11.2 Å². The van der Waals surface area contributed by atoms with Gasteiger partial charge in [0.2, 0.25) is 0 Å². The largest absolute Gasteiger partial charge is 0.444 e. The molecule has 2 fully saturated rings. The first-order valence-corrected chi connectivity index (χ1v) is 7.16. The molecule has 0 radical (unpaired) electrons. The highest BCUT2D eigenvalue weighted by Gasteiger charge is 2.58. The second kappa shape index (κ2) is 5.47. The van der Waals surface area contributed by atoms with Crippen molar-refractivity contribution in [3.8, 4) is 12.3 Å². The van der Waals surface area contributed by atoms with E-state index in [1.165, 1.54) is 4.90 Å². The summed E-state index contributed by atoms with van der Waals surface area (Å²) in [6, 6.07) is -0.00687. The molecule has 21 heavy (non-hydrogen) atoms. The van der Waals surface area contributed by atoms with E-state index < -0.39 is 5.60 Å². The normalized spacial score (nSPS) is 26.6. The number of carbonyl (C=O) groups excluding carboxylic acids is 2. The number of nitrogens with zero attached hydrogens (tertiary/aromatic N) is 2. The molecule has 0 aromatic carbocycles. The van der Waals surface area contributed by atoms with Crippen molar-refractivity contribution in [3.63, 3.8) is 0 Å². The number of nitrogens with one attached hydrogen (secondary N) is 1. The second-order valence-electron chi connectivity index (χ2n) is 6.75. The van der Waals surface area contributed by atoms with Gasteiger partial charge in [-0.2, -0.15) is 0 Å². The minimum atomic E-state index is -0.477. The van der Waals surface area contributed by atoms with Crippen LogP contribution in [0.3, 0.4) is 0 Å². The number of hydrogen-bond acceptors (Lipinski definition) is 3. The maximum atomic E-state index is 11.9. The highest BCUT2D eigenvalue weighted by molar-refractivity contribution is 5.75. The summed E-state index contributed by atoms with van der Waals surface area (Å²) in [5.74, 6) is 3.10. The molecule has 3 amide bonds. The van der Waals surface area contributed by atoms with Gasteiger partial charge in [-0.1, -0.05) is 5.92 Å². The predicted molar refractivity (Wildman–Crippen MR) is 78.6 cm³/mol. The van der Waals surface area contributed by atoms with E-state index >= 15 is 0 Å². The Balaban J connectivity index is 1.76. The van der Waals surface area contributed by atoms with Gasteiger partial charge in [-0.3, -0.25) is 0 Å². The molecule has 1 N–H and O–H groups in total. The summed E-state index contributed by atoms with van der Waals surface area (Å²) in [7, 11) is 1.67. The summed E-state index contributed by atoms with van der Waals surface area (Å²) in [6.45, 7) is 7.13. The molecular weight excluding hydrogens is 270 g/mol. The quantitative estimate of drug-likeness (QED) is 0.776. The number of terminal acetylenes is 1. The van der Waals surface area contributed by atoms with Crippen molar-refractivity contribution in [2.45, 2.75) is 32.4 Å². The molecule has 1 saturated carbocycles.